The van der Waals surface area contributed by atoms with Crippen molar-refractivity contribution in [3.63, 3.8) is 0 Å². The average molecular weight is 287 g/mol. The fraction of sp³-hybridized carbons (Fsp3) is 0.438. The number of aromatic amines is 1. The first-order chi connectivity index (χ1) is 10.1. The first-order valence-corrected chi connectivity index (χ1v) is 7.35. The molecule has 0 bridgehead atoms. The van der Waals surface area contributed by atoms with Gasteiger partial charge in [-0.1, -0.05) is 12.1 Å². The third-order valence-corrected chi connectivity index (χ3v) is 4.14. The number of rotatable bonds is 3. The average Bonchev–Trinajstić information content (AvgIpc) is 2.93. The highest BCUT2D eigenvalue weighted by atomic mass is 16.5. The number of amides is 1. The van der Waals surface area contributed by atoms with Crippen LogP contribution in [0.5, 0.6) is 0 Å². The van der Waals surface area contributed by atoms with Crippen molar-refractivity contribution in [1.29, 1.82) is 0 Å². The number of benzene rings is 1. The Hall–Kier alpha value is -2.01. The van der Waals surface area contributed by atoms with E-state index in [2.05, 4.69) is 4.98 Å². The van der Waals surface area contributed by atoms with E-state index in [0.29, 0.717) is 17.3 Å². The lowest BCUT2D eigenvalue weighted by Gasteiger charge is -2.26. The molecule has 5 heteroatoms. The van der Waals surface area contributed by atoms with E-state index >= 15 is 0 Å². The number of ether oxygens (including phenoxy) is 1. The van der Waals surface area contributed by atoms with Crippen molar-refractivity contribution in [2.24, 2.45) is 5.92 Å². The molecule has 1 amide bonds. The molecule has 0 atom stereocenters. The fourth-order valence-corrected chi connectivity index (χ4v) is 2.90. The zero-order valence-corrected chi connectivity index (χ0v) is 12.3. The summed E-state index contributed by atoms with van der Waals surface area (Å²) >= 11 is 0. The Morgan fingerprint density at radius 2 is 2.19 bits per heavy atom. The fourth-order valence-electron chi connectivity index (χ4n) is 2.90. The zero-order chi connectivity index (χ0) is 14.8. The summed E-state index contributed by atoms with van der Waals surface area (Å²) in [6.45, 7) is 2.37. The van der Waals surface area contributed by atoms with Crippen molar-refractivity contribution >= 4 is 22.5 Å². The largest absolute Gasteiger partial charge is 0.397 e. The minimum atomic E-state index is 0.0112. The number of nitrogens with one attached hydrogen (secondary N) is 1. The van der Waals surface area contributed by atoms with Gasteiger partial charge in [-0.3, -0.25) is 4.79 Å². The molecular formula is C16H21N3O2. The van der Waals surface area contributed by atoms with E-state index in [1.165, 1.54) is 0 Å². The molecule has 0 aliphatic carbocycles. The van der Waals surface area contributed by atoms with Gasteiger partial charge in [0.15, 0.2) is 0 Å². The van der Waals surface area contributed by atoms with Crippen LogP contribution in [0.15, 0.2) is 24.3 Å². The Balaban J connectivity index is 1.74. The van der Waals surface area contributed by atoms with E-state index < -0.39 is 0 Å². The SMILES string of the molecule is CN(CC1CCOCC1)C(=O)c1cc2cccc(N)c2[nH]1. The highest BCUT2D eigenvalue weighted by Gasteiger charge is 2.20. The molecule has 0 radical (unpaired) electrons. The van der Waals surface area contributed by atoms with Gasteiger partial charge >= 0.3 is 0 Å². The zero-order valence-electron chi connectivity index (χ0n) is 12.3. The smallest absolute Gasteiger partial charge is 0.270 e. The van der Waals surface area contributed by atoms with E-state index in [0.717, 1.165) is 43.5 Å². The maximum Gasteiger partial charge on any atom is 0.270 e. The normalized spacial score (nSPS) is 16.2. The molecule has 1 aromatic carbocycles. The maximum atomic E-state index is 12.5. The van der Waals surface area contributed by atoms with Crippen LogP contribution in [0.4, 0.5) is 5.69 Å². The Morgan fingerprint density at radius 1 is 1.43 bits per heavy atom. The van der Waals surface area contributed by atoms with Gasteiger partial charge in [0, 0.05) is 32.2 Å². The molecule has 21 heavy (non-hydrogen) atoms. The van der Waals surface area contributed by atoms with Crippen molar-refractivity contribution < 1.29 is 9.53 Å². The Kier molecular flexibility index (Phi) is 3.84. The third-order valence-electron chi connectivity index (χ3n) is 4.14. The van der Waals surface area contributed by atoms with Crippen molar-refractivity contribution in [3.05, 3.63) is 30.0 Å². The minimum absolute atomic E-state index is 0.0112. The molecule has 2 aromatic rings. The van der Waals surface area contributed by atoms with Crippen molar-refractivity contribution in [2.75, 3.05) is 32.5 Å². The number of aromatic nitrogens is 1. The van der Waals surface area contributed by atoms with E-state index in [1.807, 2.05) is 31.3 Å². The second-order valence-electron chi connectivity index (χ2n) is 5.74. The number of carbonyl (C=O) groups is 1. The van der Waals surface area contributed by atoms with Crippen molar-refractivity contribution in [3.8, 4) is 0 Å². The molecule has 5 nitrogen and oxygen atoms in total. The molecule has 1 saturated heterocycles. The number of anilines is 1. The summed E-state index contributed by atoms with van der Waals surface area (Å²) in [4.78, 5) is 17.5. The van der Waals surface area contributed by atoms with Gasteiger partial charge in [-0.25, -0.2) is 0 Å². The summed E-state index contributed by atoms with van der Waals surface area (Å²) in [5.41, 5.74) is 8.02. The number of H-pyrrole nitrogens is 1. The standard InChI is InChI=1S/C16H21N3O2/c1-19(10-11-5-7-21-8-6-11)16(20)14-9-12-3-2-4-13(17)15(12)18-14/h2-4,9,11,18H,5-8,10,17H2,1H3. The minimum Gasteiger partial charge on any atom is -0.397 e. The summed E-state index contributed by atoms with van der Waals surface area (Å²) in [7, 11) is 1.85. The predicted octanol–water partition coefficient (Wildman–Crippen LogP) is 2.25. The van der Waals surface area contributed by atoms with Crippen LogP contribution in [0.2, 0.25) is 0 Å². The number of nitrogens with two attached hydrogens (primary N) is 1. The lowest BCUT2D eigenvalue weighted by molar-refractivity contribution is 0.0495. The van der Waals surface area contributed by atoms with E-state index in [-0.39, 0.29) is 5.91 Å². The molecule has 3 N–H and O–H groups in total. The van der Waals surface area contributed by atoms with Crippen LogP contribution in [0.25, 0.3) is 10.9 Å². The molecule has 1 fully saturated rings. The number of para-hydroxylation sites is 1. The topological polar surface area (TPSA) is 71.3 Å². The van der Waals surface area contributed by atoms with Gasteiger partial charge in [-0.15, -0.1) is 0 Å². The Morgan fingerprint density at radius 3 is 2.90 bits per heavy atom. The van der Waals surface area contributed by atoms with Crippen molar-refractivity contribution in [2.45, 2.75) is 12.8 Å². The monoisotopic (exact) mass is 287 g/mol. The van der Waals surface area contributed by atoms with Gasteiger partial charge in [-0.05, 0) is 30.9 Å². The first kappa shape index (κ1) is 13.9. The van der Waals surface area contributed by atoms with Crippen LogP contribution in [0.3, 0.4) is 0 Å². The molecule has 3 rings (SSSR count). The first-order valence-electron chi connectivity index (χ1n) is 7.35. The predicted molar refractivity (Wildman–Crippen MR) is 83.2 cm³/mol. The Bertz CT molecular complexity index is 644. The molecule has 1 aliphatic rings. The van der Waals surface area contributed by atoms with Crippen LogP contribution >= 0.6 is 0 Å². The van der Waals surface area contributed by atoms with Crippen LogP contribution in [-0.4, -0.2) is 42.6 Å². The van der Waals surface area contributed by atoms with Crippen LogP contribution in [-0.2, 0) is 4.74 Å². The van der Waals surface area contributed by atoms with Crippen LogP contribution < -0.4 is 5.73 Å². The molecule has 2 heterocycles. The van der Waals surface area contributed by atoms with Gasteiger partial charge < -0.3 is 20.4 Å². The second-order valence-corrected chi connectivity index (χ2v) is 5.74. The van der Waals surface area contributed by atoms with Gasteiger partial charge in [0.25, 0.3) is 5.91 Å². The highest BCUT2D eigenvalue weighted by Crippen LogP contribution is 2.22. The molecule has 1 aromatic heterocycles. The third kappa shape index (κ3) is 2.88. The lowest BCUT2D eigenvalue weighted by atomic mass is 10.00. The molecule has 112 valence electrons. The summed E-state index contributed by atoms with van der Waals surface area (Å²) < 4.78 is 5.36. The second kappa shape index (κ2) is 5.77. The number of nitrogens with zero attached hydrogens (tertiary/aromatic N) is 1. The lowest BCUT2D eigenvalue weighted by Crippen LogP contribution is -2.34. The molecule has 0 spiro atoms. The Labute approximate surface area is 124 Å². The van der Waals surface area contributed by atoms with E-state index in [4.69, 9.17) is 10.5 Å². The van der Waals surface area contributed by atoms with Gasteiger partial charge in [-0.2, -0.15) is 0 Å². The van der Waals surface area contributed by atoms with Crippen LogP contribution in [0.1, 0.15) is 23.3 Å². The molecule has 1 aliphatic heterocycles. The van der Waals surface area contributed by atoms with Gasteiger partial charge in [0.2, 0.25) is 0 Å². The van der Waals surface area contributed by atoms with Gasteiger partial charge in [0.05, 0.1) is 11.2 Å². The number of hydrogen-bond acceptors (Lipinski definition) is 3. The molecule has 0 saturated carbocycles. The van der Waals surface area contributed by atoms with Gasteiger partial charge in [0.1, 0.15) is 5.69 Å². The summed E-state index contributed by atoms with van der Waals surface area (Å²) in [5, 5.41) is 0.970. The molecule has 0 unspecified atom stereocenters. The number of hydrogen-bond donors (Lipinski definition) is 2. The van der Waals surface area contributed by atoms with E-state index in [1.54, 1.807) is 4.90 Å². The number of carbonyl (C=O) groups excluding carboxylic acids is 1. The molecular weight excluding hydrogens is 266 g/mol. The van der Waals surface area contributed by atoms with E-state index in [9.17, 15) is 4.79 Å². The summed E-state index contributed by atoms with van der Waals surface area (Å²) in [5.74, 6) is 0.541. The summed E-state index contributed by atoms with van der Waals surface area (Å²) in [6.07, 6.45) is 2.05. The number of fused-ring (bicyclic) bond motifs is 1. The quantitative estimate of drug-likeness (QED) is 0.851. The number of nitrogen functional groups attached to an aromatic ring is 1. The van der Waals surface area contributed by atoms with Crippen LogP contribution in [0, 0.1) is 5.92 Å². The maximum absolute atomic E-state index is 12.5. The highest BCUT2D eigenvalue weighted by molar-refractivity contribution is 6.00. The van der Waals surface area contributed by atoms with Crippen molar-refractivity contribution in [1.82, 2.24) is 9.88 Å². The summed E-state index contributed by atoms with van der Waals surface area (Å²) in [6, 6.07) is 7.55.